The number of carbonyl (C=O) groups excluding carboxylic acids is 1. The van der Waals surface area contributed by atoms with Crippen LogP contribution in [0.1, 0.15) is 34.6 Å². The first-order chi connectivity index (χ1) is 21.9. The summed E-state index contributed by atoms with van der Waals surface area (Å²) in [7, 11) is -4.50. The number of benzene rings is 4. The molecule has 0 saturated carbocycles. The number of rotatable bonds is 8. The van der Waals surface area contributed by atoms with Crippen molar-refractivity contribution in [3.8, 4) is 0 Å². The summed E-state index contributed by atoms with van der Waals surface area (Å²) >= 11 is 6.15. The van der Waals surface area contributed by atoms with Gasteiger partial charge in [0.05, 0.1) is 16.2 Å². The highest BCUT2D eigenvalue weighted by Crippen LogP contribution is 2.31. The van der Waals surface area contributed by atoms with Gasteiger partial charge in [-0.15, -0.1) is 0 Å². The predicted octanol–water partition coefficient (Wildman–Crippen LogP) is 5.98. The number of alkyl halides is 3. The lowest BCUT2D eigenvalue weighted by Gasteiger charge is -2.32. The van der Waals surface area contributed by atoms with Crippen molar-refractivity contribution in [2.75, 3.05) is 6.54 Å². The van der Waals surface area contributed by atoms with Gasteiger partial charge < -0.3 is 5.73 Å². The van der Waals surface area contributed by atoms with Gasteiger partial charge in [-0.25, -0.2) is 23.1 Å². The topological polar surface area (TPSA) is 117 Å². The van der Waals surface area contributed by atoms with Gasteiger partial charge in [-0.05, 0) is 59.5 Å². The number of aliphatic imine (C=N–C) groups is 1. The number of amides is 1. The molecular formula is C33H29ClF3N5O3S. The van der Waals surface area contributed by atoms with E-state index in [4.69, 9.17) is 22.4 Å². The number of carbonyl (C=O) groups is 1. The first-order valence-electron chi connectivity index (χ1n) is 14.2. The van der Waals surface area contributed by atoms with Crippen molar-refractivity contribution < 1.29 is 26.4 Å². The van der Waals surface area contributed by atoms with Crippen LogP contribution in [0.3, 0.4) is 0 Å². The van der Waals surface area contributed by atoms with E-state index in [1.54, 1.807) is 54.6 Å². The van der Waals surface area contributed by atoms with Crippen molar-refractivity contribution in [1.82, 2.24) is 9.73 Å². The minimum atomic E-state index is -4.65. The zero-order valence-corrected chi connectivity index (χ0v) is 25.8. The number of hydrogen-bond acceptors (Lipinski definition) is 5. The molecule has 0 spiro atoms. The summed E-state index contributed by atoms with van der Waals surface area (Å²) in [5.74, 6) is -1.29. The molecule has 1 heterocycles. The van der Waals surface area contributed by atoms with E-state index in [0.717, 1.165) is 28.8 Å². The van der Waals surface area contributed by atoms with Crippen LogP contribution in [0.25, 0.3) is 0 Å². The highest BCUT2D eigenvalue weighted by atomic mass is 35.5. The Balaban J connectivity index is 1.59. The maximum atomic E-state index is 13.6. The van der Waals surface area contributed by atoms with Gasteiger partial charge in [-0.2, -0.15) is 18.3 Å². The molecule has 46 heavy (non-hydrogen) atoms. The molecular weight excluding hydrogens is 639 g/mol. The summed E-state index contributed by atoms with van der Waals surface area (Å²) in [6, 6.07) is 27.4. The SMILES string of the molecule is NC(=O)C(Cc1ccccc1)N=C(NS(=O)(=O)c1ccc(C(F)(F)F)cc1)N1CCC(c2ccccc2)C(c2ccc(Cl)cc2)=N1. The van der Waals surface area contributed by atoms with E-state index >= 15 is 0 Å². The lowest BCUT2D eigenvalue weighted by atomic mass is 9.86. The number of hydrogen-bond donors (Lipinski definition) is 2. The molecule has 0 radical (unpaired) electrons. The number of nitrogens with zero attached hydrogens (tertiary/aromatic N) is 3. The summed E-state index contributed by atoms with van der Waals surface area (Å²) in [5, 5.41) is 6.69. The van der Waals surface area contributed by atoms with E-state index in [2.05, 4.69) is 9.71 Å². The van der Waals surface area contributed by atoms with Crippen molar-refractivity contribution in [2.24, 2.45) is 15.8 Å². The van der Waals surface area contributed by atoms with Gasteiger partial charge in [0.15, 0.2) is 0 Å². The third kappa shape index (κ3) is 7.93. The number of nitrogens with two attached hydrogens (primary N) is 1. The Hall–Kier alpha value is -4.68. The van der Waals surface area contributed by atoms with E-state index in [9.17, 15) is 26.4 Å². The summed E-state index contributed by atoms with van der Waals surface area (Å²) < 4.78 is 69.0. The second kappa shape index (κ2) is 13.8. The average Bonchev–Trinajstić information content (AvgIpc) is 3.04. The summed E-state index contributed by atoms with van der Waals surface area (Å²) in [6.45, 7) is 0.182. The quantitative estimate of drug-likeness (QED) is 0.178. The molecule has 13 heteroatoms. The van der Waals surface area contributed by atoms with Gasteiger partial charge in [0.2, 0.25) is 11.9 Å². The molecule has 1 aliphatic rings. The molecule has 238 valence electrons. The zero-order valence-electron chi connectivity index (χ0n) is 24.2. The third-order valence-corrected chi connectivity index (χ3v) is 8.97. The van der Waals surface area contributed by atoms with Gasteiger partial charge in [-0.1, -0.05) is 84.4 Å². The third-order valence-electron chi connectivity index (χ3n) is 7.37. The van der Waals surface area contributed by atoms with Gasteiger partial charge in [-0.3, -0.25) is 4.79 Å². The molecule has 2 unspecified atom stereocenters. The smallest absolute Gasteiger partial charge is 0.368 e. The van der Waals surface area contributed by atoms with Crippen LogP contribution in [0, 0.1) is 0 Å². The predicted molar refractivity (Wildman–Crippen MR) is 171 cm³/mol. The highest BCUT2D eigenvalue weighted by Gasteiger charge is 2.33. The second-order valence-corrected chi connectivity index (χ2v) is 12.7. The average molecular weight is 668 g/mol. The van der Waals surface area contributed by atoms with Gasteiger partial charge in [0.25, 0.3) is 10.0 Å². The first-order valence-corrected chi connectivity index (χ1v) is 16.0. The first kappa shape index (κ1) is 32.7. The zero-order chi connectivity index (χ0) is 32.9. The molecule has 1 amide bonds. The van der Waals surface area contributed by atoms with Crippen LogP contribution < -0.4 is 10.5 Å². The molecule has 5 rings (SSSR count). The van der Waals surface area contributed by atoms with Crippen molar-refractivity contribution in [3.05, 3.63) is 136 Å². The number of nitrogens with one attached hydrogen (secondary N) is 1. The number of guanidine groups is 1. The van der Waals surface area contributed by atoms with Crippen LogP contribution in [-0.4, -0.2) is 43.6 Å². The molecule has 0 saturated heterocycles. The van der Waals surface area contributed by atoms with Crippen LogP contribution in [0.2, 0.25) is 5.02 Å². The van der Waals surface area contributed by atoms with Crippen molar-refractivity contribution >= 4 is 39.2 Å². The Kier molecular flexibility index (Phi) is 9.78. The molecule has 0 aromatic heterocycles. The van der Waals surface area contributed by atoms with Crippen LogP contribution >= 0.6 is 11.6 Å². The molecule has 3 N–H and O–H groups in total. The molecule has 0 aliphatic carbocycles. The molecule has 4 aromatic rings. The summed E-state index contributed by atoms with van der Waals surface area (Å²) in [4.78, 5) is 16.6. The van der Waals surface area contributed by atoms with Crippen LogP contribution in [0.5, 0.6) is 0 Å². The molecule has 1 aliphatic heterocycles. The molecule has 2 atom stereocenters. The van der Waals surface area contributed by atoms with Gasteiger partial charge >= 0.3 is 6.18 Å². The molecule has 0 fully saturated rings. The van der Waals surface area contributed by atoms with Gasteiger partial charge in [0.1, 0.15) is 6.04 Å². The van der Waals surface area contributed by atoms with E-state index in [0.29, 0.717) is 29.3 Å². The number of sulfonamides is 1. The fourth-order valence-electron chi connectivity index (χ4n) is 5.02. The molecule has 0 bridgehead atoms. The van der Waals surface area contributed by atoms with E-state index in [1.165, 1.54) is 5.01 Å². The Bertz CT molecular complexity index is 1840. The lowest BCUT2D eigenvalue weighted by Crippen LogP contribution is -2.46. The van der Waals surface area contributed by atoms with E-state index < -0.39 is 38.6 Å². The summed E-state index contributed by atoms with van der Waals surface area (Å²) in [5.41, 5.74) is 7.76. The van der Waals surface area contributed by atoms with E-state index in [1.807, 2.05) is 30.3 Å². The maximum Gasteiger partial charge on any atom is 0.416 e. The standard InChI is InChI=1S/C33H29ClF3N5O3S/c34-26-15-11-24(12-16-26)30-28(23-9-5-2-6-10-23)19-20-42(40-30)32(39-29(31(38)43)21-22-7-3-1-4-8-22)41-46(44,45)27-17-13-25(14-18-27)33(35,36)37/h1-18,28-29H,19-21H2,(H2,38,43)(H,39,41). The van der Waals surface area contributed by atoms with Crippen molar-refractivity contribution in [1.29, 1.82) is 0 Å². The number of primary amides is 1. The summed E-state index contributed by atoms with van der Waals surface area (Å²) in [6.07, 6.45) is -4.10. The normalized spacial score (nSPS) is 16.4. The molecule has 8 nitrogen and oxygen atoms in total. The van der Waals surface area contributed by atoms with Gasteiger partial charge in [0, 0.05) is 23.9 Å². The fraction of sp³-hybridized carbons (Fsp3) is 0.182. The van der Waals surface area contributed by atoms with Crippen LogP contribution in [0.4, 0.5) is 13.2 Å². The Morgan fingerprint density at radius 2 is 1.57 bits per heavy atom. The Morgan fingerprint density at radius 1 is 0.957 bits per heavy atom. The van der Waals surface area contributed by atoms with Crippen LogP contribution in [-0.2, 0) is 27.4 Å². The van der Waals surface area contributed by atoms with Crippen LogP contribution in [0.15, 0.2) is 124 Å². The van der Waals surface area contributed by atoms with Crippen molar-refractivity contribution in [3.63, 3.8) is 0 Å². The largest absolute Gasteiger partial charge is 0.416 e. The Labute approximate surface area is 269 Å². The number of halogens is 4. The highest BCUT2D eigenvalue weighted by molar-refractivity contribution is 7.90. The number of hydrazone groups is 1. The lowest BCUT2D eigenvalue weighted by molar-refractivity contribution is -0.137. The minimum absolute atomic E-state index is 0.0654. The Morgan fingerprint density at radius 3 is 2.15 bits per heavy atom. The second-order valence-electron chi connectivity index (χ2n) is 10.6. The minimum Gasteiger partial charge on any atom is -0.368 e. The fourth-order valence-corrected chi connectivity index (χ4v) is 6.16. The monoisotopic (exact) mass is 667 g/mol. The maximum absolute atomic E-state index is 13.6. The van der Waals surface area contributed by atoms with E-state index in [-0.39, 0.29) is 24.8 Å². The molecule has 4 aromatic carbocycles. The van der Waals surface area contributed by atoms with Crippen molar-refractivity contribution in [2.45, 2.75) is 35.9 Å².